The smallest absolute Gasteiger partial charge is 0.393 e. The molecule has 5 N–H and O–H groups in total. The summed E-state index contributed by atoms with van der Waals surface area (Å²) in [5.74, 6) is 3.27. The molecule has 7 nitrogen and oxygen atoms in total. The van der Waals surface area contributed by atoms with Crippen LogP contribution in [0, 0.1) is 52.3 Å². The molecule has 44 heavy (non-hydrogen) atoms. The molecule has 0 saturated heterocycles. The van der Waals surface area contributed by atoms with E-state index in [1.54, 1.807) is 0 Å². The Hall–Kier alpha value is -0.250. The Morgan fingerprint density at radius 3 is 2.16 bits per heavy atom. The molecule has 8 heteroatoms. The molecule has 5 unspecified atom stereocenters. The van der Waals surface area contributed by atoms with Crippen LogP contribution in [-0.4, -0.2) is 49.4 Å². The third-order valence-electron chi connectivity index (χ3n) is 13.7. The molecule has 4 aliphatic carbocycles. The summed E-state index contributed by atoms with van der Waals surface area (Å²) in [6, 6.07) is 0.603. The molecular formula is C36H68N2O5S. The number of nitrogens with one attached hydrogen (secondary N) is 1. The fourth-order valence-electron chi connectivity index (χ4n) is 11.1. The average Bonchev–Trinajstić information content (AvgIpc) is 3.31. The van der Waals surface area contributed by atoms with E-state index in [0.29, 0.717) is 53.4 Å². The zero-order valence-electron chi connectivity index (χ0n) is 28.8. The van der Waals surface area contributed by atoms with Gasteiger partial charge in [0, 0.05) is 6.04 Å². The normalized spacial score (nSPS) is 38.6. The maximum Gasteiger partial charge on any atom is 0.397 e. The Labute approximate surface area is 270 Å². The Morgan fingerprint density at radius 1 is 0.864 bits per heavy atom. The van der Waals surface area contributed by atoms with Crippen molar-refractivity contribution >= 4 is 10.4 Å². The molecular weight excluding hydrogens is 572 g/mol. The van der Waals surface area contributed by atoms with Crippen molar-refractivity contribution in [1.82, 2.24) is 5.32 Å². The van der Waals surface area contributed by atoms with Crippen LogP contribution < -0.4 is 11.1 Å². The molecule has 0 bridgehead atoms. The van der Waals surface area contributed by atoms with Crippen LogP contribution in [0.3, 0.4) is 0 Å². The fourth-order valence-corrected chi connectivity index (χ4v) is 11.8. The summed E-state index contributed by atoms with van der Waals surface area (Å²) in [5, 5.41) is 15.7. The first-order chi connectivity index (χ1) is 20.8. The molecule has 0 aliphatic heterocycles. The number of nitrogens with two attached hydrogens (primary N) is 1. The van der Waals surface area contributed by atoms with Gasteiger partial charge in [0.25, 0.3) is 0 Å². The lowest BCUT2D eigenvalue weighted by atomic mass is 9.43. The summed E-state index contributed by atoms with van der Waals surface area (Å²) in [6.45, 7) is 13.3. The Morgan fingerprint density at radius 2 is 1.50 bits per heavy atom. The molecule has 4 rings (SSSR count). The van der Waals surface area contributed by atoms with Gasteiger partial charge in [0.2, 0.25) is 0 Å². The van der Waals surface area contributed by atoms with Crippen LogP contribution in [0.25, 0.3) is 0 Å². The van der Waals surface area contributed by atoms with Crippen LogP contribution in [-0.2, 0) is 14.6 Å². The molecule has 4 saturated carbocycles. The third-order valence-corrected chi connectivity index (χ3v) is 14.1. The van der Waals surface area contributed by atoms with Crippen LogP contribution in [0.4, 0.5) is 0 Å². The highest BCUT2D eigenvalue weighted by atomic mass is 32.3. The second-order valence-electron chi connectivity index (χ2n) is 16.6. The van der Waals surface area contributed by atoms with Crippen molar-refractivity contribution in [3.63, 3.8) is 0 Å². The summed E-state index contributed by atoms with van der Waals surface area (Å²) in [5.41, 5.74) is 6.17. The number of hydrogen-bond acceptors (Lipinski definition) is 6. The molecule has 0 spiro atoms. The molecule has 11 atom stereocenters. The van der Waals surface area contributed by atoms with Gasteiger partial charge in [-0.05, 0) is 142 Å². The highest BCUT2D eigenvalue weighted by Crippen LogP contribution is 2.68. The summed E-state index contributed by atoms with van der Waals surface area (Å²) >= 11 is 0. The minimum absolute atomic E-state index is 0.0180. The SMILES string of the molecule is CC(CC[C@@H](OS(=O)(=O)O)C(C)C)[C@H]1CCC2C3C(CC[C@@]21C)[C@@]1(C)CC[C@H](NCCCCCCCCCN)CC1C[C@@H]3O. The van der Waals surface area contributed by atoms with Crippen molar-refractivity contribution in [3.05, 3.63) is 0 Å². The summed E-state index contributed by atoms with van der Waals surface area (Å²) in [6.07, 6.45) is 19.5. The molecule has 0 heterocycles. The van der Waals surface area contributed by atoms with Crippen molar-refractivity contribution < 1.29 is 22.3 Å². The van der Waals surface area contributed by atoms with Crippen molar-refractivity contribution in [2.24, 2.45) is 58.0 Å². The summed E-state index contributed by atoms with van der Waals surface area (Å²) < 4.78 is 37.1. The Kier molecular flexibility index (Phi) is 13.1. The zero-order valence-corrected chi connectivity index (χ0v) is 29.6. The van der Waals surface area contributed by atoms with E-state index in [-0.39, 0.29) is 17.4 Å². The summed E-state index contributed by atoms with van der Waals surface area (Å²) in [4.78, 5) is 0. The van der Waals surface area contributed by atoms with Gasteiger partial charge in [0.1, 0.15) is 0 Å². The van der Waals surface area contributed by atoms with E-state index in [2.05, 4.69) is 26.1 Å². The van der Waals surface area contributed by atoms with Crippen LogP contribution in [0.1, 0.15) is 144 Å². The molecule has 0 amide bonds. The van der Waals surface area contributed by atoms with E-state index in [4.69, 9.17) is 9.92 Å². The second kappa shape index (κ2) is 15.8. The zero-order chi connectivity index (χ0) is 32.1. The number of rotatable bonds is 17. The number of hydrogen-bond donors (Lipinski definition) is 4. The van der Waals surface area contributed by atoms with Gasteiger partial charge in [-0.2, -0.15) is 8.42 Å². The predicted molar refractivity (Wildman–Crippen MR) is 179 cm³/mol. The molecule has 0 aromatic carbocycles. The number of unbranched alkanes of at least 4 members (excludes halogenated alkanes) is 6. The molecule has 0 aromatic heterocycles. The minimum atomic E-state index is -4.45. The van der Waals surface area contributed by atoms with E-state index in [1.165, 1.54) is 89.9 Å². The third kappa shape index (κ3) is 8.61. The van der Waals surface area contributed by atoms with Gasteiger partial charge in [0.15, 0.2) is 0 Å². The molecule has 258 valence electrons. The molecule has 0 radical (unpaired) electrons. The van der Waals surface area contributed by atoms with Gasteiger partial charge in [0.05, 0.1) is 12.2 Å². The van der Waals surface area contributed by atoms with Gasteiger partial charge >= 0.3 is 10.4 Å². The van der Waals surface area contributed by atoms with E-state index >= 15 is 0 Å². The standard InChI is InChI=1S/C36H68N2O5S/c1-25(2)33(43-44(40,41)42)16-13-26(3)29-14-15-30-34-31(18-20-36(29,30)5)35(4)19-17-28(23-27(35)24-32(34)39)38-22-12-10-8-6-7-9-11-21-37/h25-34,38-39H,6-24,37H2,1-5H3,(H,40,41,42)/t26?,27?,28-,29+,30?,31?,32-,33+,34?,35-,36+/m0/s1. The van der Waals surface area contributed by atoms with Crippen molar-refractivity contribution in [2.75, 3.05) is 13.1 Å². The quantitative estimate of drug-likeness (QED) is 0.0958. The topological polar surface area (TPSA) is 122 Å². The Bertz CT molecular complexity index is 993. The second-order valence-corrected chi connectivity index (χ2v) is 17.6. The van der Waals surface area contributed by atoms with Gasteiger partial charge < -0.3 is 16.2 Å². The lowest BCUT2D eigenvalue weighted by molar-refractivity contribution is -0.167. The predicted octanol–water partition coefficient (Wildman–Crippen LogP) is 7.52. The van der Waals surface area contributed by atoms with Crippen LogP contribution in [0.2, 0.25) is 0 Å². The largest absolute Gasteiger partial charge is 0.397 e. The first-order valence-corrected chi connectivity index (χ1v) is 19.9. The van der Waals surface area contributed by atoms with Crippen molar-refractivity contribution in [1.29, 1.82) is 0 Å². The van der Waals surface area contributed by atoms with Gasteiger partial charge in [-0.25, -0.2) is 4.18 Å². The highest BCUT2D eigenvalue weighted by molar-refractivity contribution is 7.80. The van der Waals surface area contributed by atoms with Crippen LogP contribution in [0.15, 0.2) is 0 Å². The Balaban J connectivity index is 1.29. The molecule has 4 fully saturated rings. The lowest BCUT2D eigenvalue weighted by Gasteiger charge is -2.62. The summed E-state index contributed by atoms with van der Waals surface area (Å²) in [7, 11) is -4.45. The molecule has 0 aromatic rings. The average molecular weight is 641 g/mol. The van der Waals surface area contributed by atoms with Gasteiger partial charge in [-0.3, -0.25) is 4.55 Å². The van der Waals surface area contributed by atoms with E-state index < -0.39 is 16.5 Å². The van der Waals surface area contributed by atoms with Crippen LogP contribution >= 0.6 is 0 Å². The highest BCUT2D eigenvalue weighted by Gasteiger charge is 2.62. The van der Waals surface area contributed by atoms with E-state index in [1.807, 2.05) is 13.8 Å². The van der Waals surface area contributed by atoms with Gasteiger partial charge in [-0.15, -0.1) is 0 Å². The number of fused-ring (bicyclic) bond motifs is 5. The minimum Gasteiger partial charge on any atom is -0.393 e. The van der Waals surface area contributed by atoms with Crippen molar-refractivity contribution in [3.8, 4) is 0 Å². The fraction of sp³-hybridized carbons (Fsp3) is 1.00. The van der Waals surface area contributed by atoms with E-state index in [9.17, 15) is 18.1 Å². The first-order valence-electron chi connectivity index (χ1n) is 18.6. The lowest BCUT2D eigenvalue weighted by Crippen LogP contribution is -2.59. The number of aliphatic hydroxyl groups excluding tert-OH is 1. The maximum absolute atomic E-state index is 11.8. The number of aliphatic hydroxyl groups is 1. The van der Waals surface area contributed by atoms with E-state index in [0.717, 1.165) is 25.9 Å². The van der Waals surface area contributed by atoms with Crippen LogP contribution in [0.5, 0.6) is 0 Å². The van der Waals surface area contributed by atoms with Crippen molar-refractivity contribution in [2.45, 2.75) is 162 Å². The molecule has 4 aliphatic rings. The maximum atomic E-state index is 11.8. The monoisotopic (exact) mass is 640 g/mol. The van der Waals surface area contributed by atoms with Gasteiger partial charge in [-0.1, -0.05) is 66.7 Å². The first kappa shape index (κ1) is 36.6.